The molecule has 0 aliphatic rings. The molecule has 0 saturated carbocycles. The average Bonchev–Trinajstić information content (AvgIpc) is 3.20. The number of carbonyl (C=O) groups is 1. The normalized spacial score (nSPS) is 11.4. The minimum Gasteiger partial charge on any atom is -0.497 e. The Kier molecular flexibility index (Phi) is 7.72. The monoisotopic (exact) mass is 493 g/mol. The Hall–Kier alpha value is -2.67. The summed E-state index contributed by atoms with van der Waals surface area (Å²) in [6, 6.07) is 12.2. The summed E-state index contributed by atoms with van der Waals surface area (Å²) in [5.74, 6) is 0.560. The average molecular weight is 494 g/mol. The zero-order chi connectivity index (χ0) is 23.3. The number of nitrogens with one attached hydrogen (secondary N) is 2. The molecule has 1 heterocycles. The fraction of sp³-hybridized carbons (Fsp3) is 0.250. The van der Waals surface area contributed by atoms with Crippen molar-refractivity contribution in [3.05, 3.63) is 48.0 Å². The van der Waals surface area contributed by atoms with Crippen LogP contribution in [0.3, 0.4) is 0 Å². The van der Waals surface area contributed by atoms with Crippen LogP contribution in [0.1, 0.15) is 5.56 Å². The van der Waals surface area contributed by atoms with Crippen LogP contribution in [-0.2, 0) is 14.8 Å². The lowest BCUT2D eigenvalue weighted by Crippen LogP contribution is -2.23. The molecule has 0 atom stereocenters. The van der Waals surface area contributed by atoms with Crippen molar-refractivity contribution in [2.45, 2.75) is 16.2 Å². The van der Waals surface area contributed by atoms with E-state index in [1.165, 1.54) is 43.3 Å². The number of methoxy groups -OCH3 is 1. The van der Waals surface area contributed by atoms with Crippen molar-refractivity contribution in [2.24, 2.45) is 0 Å². The topological polar surface area (TPSA) is 114 Å². The van der Waals surface area contributed by atoms with E-state index in [1.807, 2.05) is 24.3 Å². The number of ether oxygens (including phenoxy) is 1. The number of thioether (sulfide) groups is 1. The minimum atomic E-state index is -3.60. The Morgan fingerprint density at radius 2 is 1.94 bits per heavy atom. The van der Waals surface area contributed by atoms with Crippen LogP contribution in [-0.4, -0.2) is 55.8 Å². The van der Waals surface area contributed by atoms with E-state index >= 15 is 0 Å². The third kappa shape index (κ3) is 5.97. The lowest BCUT2D eigenvalue weighted by molar-refractivity contribution is -0.113. The second-order valence-electron chi connectivity index (χ2n) is 6.83. The number of aryl methyl sites for hydroxylation is 1. The fourth-order valence-electron chi connectivity index (χ4n) is 2.62. The molecule has 0 aliphatic carbocycles. The van der Waals surface area contributed by atoms with Gasteiger partial charge in [-0.3, -0.25) is 4.79 Å². The van der Waals surface area contributed by atoms with E-state index in [0.717, 1.165) is 15.7 Å². The van der Waals surface area contributed by atoms with Crippen molar-refractivity contribution in [3.8, 4) is 5.75 Å². The highest BCUT2D eigenvalue weighted by Gasteiger charge is 2.20. The van der Waals surface area contributed by atoms with Gasteiger partial charge in [0.15, 0.2) is 4.34 Å². The highest BCUT2D eigenvalue weighted by molar-refractivity contribution is 8.01. The standard InChI is InChI=1S/C20H23N5O4S3/c1-13-8-9-15(11-17(13)32(27,28)25(2)3)21-18(26)12-30-20-24-23-19(31-20)22-14-6-5-7-16(10-14)29-4/h5-11H,12H2,1-4H3,(H,21,26)(H,22,23). The number of benzene rings is 2. The van der Waals surface area contributed by atoms with Gasteiger partial charge in [-0.15, -0.1) is 10.2 Å². The Bertz CT molecular complexity index is 1210. The maximum atomic E-state index is 12.5. The molecule has 0 bridgehead atoms. The van der Waals surface area contributed by atoms with Crippen molar-refractivity contribution in [1.29, 1.82) is 0 Å². The highest BCUT2D eigenvalue weighted by atomic mass is 32.2. The summed E-state index contributed by atoms with van der Waals surface area (Å²) in [4.78, 5) is 12.5. The zero-order valence-electron chi connectivity index (χ0n) is 17.9. The quantitative estimate of drug-likeness (QED) is 0.435. The van der Waals surface area contributed by atoms with Gasteiger partial charge in [-0.05, 0) is 36.8 Å². The Morgan fingerprint density at radius 3 is 2.66 bits per heavy atom. The van der Waals surface area contributed by atoms with Gasteiger partial charge in [0.2, 0.25) is 21.1 Å². The molecule has 32 heavy (non-hydrogen) atoms. The second kappa shape index (κ2) is 10.3. The number of nitrogens with zero attached hydrogens (tertiary/aromatic N) is 3. The van der Waals surface area contributed by atoms with Gasteiger partial charge in [0.1, 0.15) is 5.75 Å². The third-order valence-corrected chi connectivity index (χ3v) is 8.21. The van der Waals surface area contributed by atoms with E-state index in [-0.39, 0.29) is 16.6 Å². The van der Waals surface area contributed by atoms with E-state index in [0.29, 0.717) is 20.7 Å². The second-order valence-corrected chi connectivity index (χ2v) is 11.2. The molecule has 0 fully saturated rings. The smallest absolute Gasteiger partial charge is 0.242 e. The van der Waals surface area contributed by atoms with Crippen molar-refractivity contribution in [1.82, 2.24) is 14.5 Å². The molecular formula is C20H23N5O4S3. The van der Waals surface area contributed by atoms with Crippen molar-refractivity contribution in [2.75, 3.05) is 37.6 Å². The summed E-state index contributed by atoms with van der Waals surface area (Å²) in [5, 5.41) is 14.7. The van der Waals surface area contributed by atoms with Crippen LogP contribution >= 0.6 is 23.1 Å². The number of carbonyl (C=O) groups excluding carboxylic acids is 1. The third-order valence-electron chi connectivity index (χ3n) is 4.28. The van der Waals surface area contributed by atoms with Gasteiger partial charge < -0.3 is 15.4 Å². The van der Waals surface area contributed by atoms with E-state index in [2.05, 4.69) is 20.8 Å². The first-order chi connectivity index (χ1) is 15.2. The zero-order valence-corrected chi connectivity index (χ0v) is 20.4. The maximum Gasteiger partial charge on any atom is 0.242 e. The number of hydrogen-bond acceptors (Lipinski definition) is 9. The molecule has 3 aromatic rings. The molecule has 0 spiro atoms. The first-order valence-electron chi connectivity index (χ1n) is 9.39. The summed E-state index contributed by atoms with van der Waals surface area (Å²) in [5.41, 5.74) is 1.84. The Balaban J connectivity index is 1.59. The van der Waals surface area contributed by atoms with Gasteiger partial charge in [0.25, 0.3) is 0 Å². The van der Waals surface area contributed by atoms with Gasteiger partial charge >= 0.3 is 0 Å². The van der Waals surface area contributed by atoms with Crippen molar-refractivity contribution >= 4 is 55.5 Å². The molecule has 1 amide bonds. The van der Waals surface area contributed by atoms with E-state index < -0.39 is 10.0 Å². The summed E-state index contributed by atoms with van der Waals surface area (Å²) >= 11 is 2.57. The number of anilines is 3. The summed E-state index contributed by atoms with van der Waals surface area (Å²) in [7, 11) is 0.933. The van der Waals surface area contributed by atoms with Crippen LogP contribution in [0.15, 0.2) is 51.7 Å². The lowest BCUT2D eigenvalue weighted by atomic mass is 10.2. The summed E-state index contributed by atoms with van der Waals surface area (Å²) in [6.45, 7) is 1.71. The SMILES string of the molecule is COc1cccc(Nc2nnc(SCC(=O)Nc3ccc(C)c(S(=O)(=O)N(C)C)c3)s2)c1. The molecular weight excluding hydrogens is 470 g/mol. The van der Waals surface area contributed by atoms with Gasteiger partial charge in [0.05, 0.1) is 17.8 Å². The van der Waals surface area contributed by atoms with E-state index in [9.17, 15) is 13.2 Å². The maximum absolute atomic E-state index is 12.5. The molecule has 9 nitrogen and oxygen atoms in total. The number of rotatable bonds is 9. The lowest BCUT2D eigenvalue weighted by Gasteiger charge is -2.15. The number of sulfonamides is 1. The number of aromatic nitrogens is 2. The van der Waals surface area contributed by atoms with Gasteiger partial charge in [-0.1, -0.05) is 35.2 Å². The summed E-state index contributed by atoms with van der Waals surface area (Å²) < 4.78 is 31.9. The first kappa shape index (κ1) is 24.0. The van der Waals surface area contributed by atoms with Gasteiger partial charge in [-0.2, -0.15) is 0 Å². The predicted octanol–water partition coefficient (Wildman–Crippen LogP) is 3.58. The van der Waals surface area contributed by atoms with Gasteiger partial charge in [-0.25, -0.2) is 12.7 Å². The van der Waals surface area contributed by atoms with Crippen molar-refractivity contribution < 1.29 is 17.9 Å². The Labute approximate surface area is 195 Å². The fourth-order valence-corrected chi connectivity index (χ4v) is 5.34. The molecule has 3 rings (SSSR count). The predicted molar refractivity (Wildman–Crippen MR) is 128 cm³/mol. The molecule has 2 N–H and O–H groups in total. The molecule has 0 aliphatic heterocycles. The first-order valence-corrected chi connectivity index (χ1v) is 12.6. The number of amides is 1. The molecule has 0 saturated heterocycles. The van der Waals surface area contributed by atoms with Crippen LogP contribution < -0.4 is 15.4 Å². The molecule has 1 aromatic heterocycles. The largest absolute Gasteiger partial charge is 0.497 e. The van der Waals surface area contributed by atoms with E-state index in [4.69, 9.17) is 4.74 Å². The van der Waals surface area contributed by atoms with Crippen LogP contribution in [0.4, 0.5) is 16.5 Å². The van der Waals surface area contributed by atoms with Crippen LogP contribution in [0.2, 0.25) is 0 Å². The Morgan fingerprint density at radius 1 is 1.16 bits per heavy atom. The molecule has 0 radical (unpaired) electrons. The molecule has 170 valence electrons. The number of hydrogen-bond donors (Lipinski definition) is 2. The van der Waals surface area contributed by atoms with Crippen LogP contribution in [0.5, 0.6) is 5.75 Å². The van der Waals surface area contributed by atoms with Crippen LogP contribution in [0.25, 0.3) is 0 Å². The van der Waals surface area contributed by atoms with Crippen LogP contribution in [0, 0.1) is 6.92 Å². The highest BCUT2D eigenvalue weighted by Crippen LogP contribution is 2.29. The molecule has 12 heteroatoms. The van der Waals surface area contributed by atoms with E-state index in [1.54, 1.807) is 26.2 Å². The molecule has 2 aromatic carbocycles. The molecule has 0 unspecified atom stereocenters. The van der Waals surface area contributed by atoms with Crippen molar-refractivity contribution in [3.63, 3.8) is 0 Å². The summed E-state index contributed by atoms with van der Waals surface area (Å²) in [6.07, 6.45) is 0. The van der Waals surface area contributed by atoms with Gasteiger partial charge in [0, 0.05) is 31.5 Å². The minimum absolute atomic E-state index is 0.109.